The molecule has 0 aromatic heterocycles. The lowest BCUT2D eigenvalue weighted by atomic mass is 9.83. The first-order valence-corrected chi connectivity index (χ1v) is 7.68. The highest BCUT2D eigenvalue weighted by Crippen LogP contribution is 2.31. The van der Waals surface area contributed by atoms with Gasteiger partial charge in [-0.05, 0) is 50.9 Å². The van der Waals surface area contributed by atoms with E-state index in [1.54, 1.807) is 0 Å². The highest BCUT2D eigenvalue weighted by Gasteiger charge is 2.29. The standard InChI is InChI=1S/C17H28N2/c1-4-19-10-6-5-7-17(19)16(12-18)15-9-8-13(2)11-14(15)3/h8-9,11,16-17H,4-7,10,12,18H2,1-3H3. The van der Waals surface area contributed by atoms with Crippen LogP contribution in [0.1, 0.15) is 48.8 Å². The van der Waals surface area contributed by atoms with Crippen LogP contribution in [0.15, 0.2) is 18.2 Å². The normalized spacial score (nSPS) is 22.4. The number of likely N-dealkylation sites (N-methyl/N-ethyl adjacent to an activating group) is 1. The molecule has 0 saturated carbocycles. The summed E-state index contributed by atoms with van der Waals surface area (Å²) in [5.74, 6) is 0.487. The molecular weight excluding hydrogens is 232 g/mol. The second-order valence-corrected chi connectivity index (χ2v) is 5.89. The van der Waals surface area contributed by atoms with Crippen molar-refractivity contribution < 1.29 is 0 Å². The van der Waals surface area contributed by atoms with Gasteiger partial charge >= 0.3 is 0 Å². The van der Waals surface area contributed by atoms with Gasteiger partial charge in [0, 0.05) is 18.5 Å². The summed E-state index contributed by atoms with van der Waals surface area (Å²) in [6.07, 6.45) is 3.99. The first kappa shape index (κ1) is 14.5. The number of hydrogen-bond acceptors (Lipinski definition) is 2. The van der Waals surface area contributed by atoms with Crippen LogP contribution in [0.3, 0.4) is 0 Å². The Kier molecular flexibility index (Phi) is 5.00. The van der Waals surface area contributed by atoms with E-state index in [4.69, 9.17) is 5.73 Å². The zero-order valence-corrected chi connectivity index (χ0v) is 12.7. The molecule has 1 heterocycles. The second kappa shape index (κ2) is 6.53. The van der Waals surface area contributed by atoms with Crippen molar-refractivity contribution >= 4 is 0 Å². The lowest BCUT2D eigenvalue weighted by molar-refractivity contribution is 0.133. The minimum Gasteiger partial charge on any atom is -0.330 e. The van der Waals surface area contributed by atoms with Crippen molar-refractivity contribution in [1.82, 2.24) is 4.90 Å². The third-order valence-corrected chi connectivity index (χ3v) is 4.61. The first-order chi connectivity index (χ1) is 9.17. The molecule has 106 valence electrons. The summed E-state index contributed by atoms with van der Waals surface area (Å²) in [5.41, 5.74) is 10.3. The highest BCUT2D eigenvalue weighted by molar-refractivity contribution is 5.34. The number of hydrogen-bond donors (Lipinski definition) is 1. The van der Waals surface area contributed by atoms with Crippen LogP contribution < -0.4 is 5.73 Å². The fraction of sp³-hybridized carbons (Fsp3) is 0.647. The molecule has 2 heteroatoms. The minimum atomic E-state index is 0.487. The number of likely N-dealkylation sites (tertiary alicyclic amines) is 1. The van der Waals surface area contributed by atoms with Crippen LogP contribution in [0.5, 0.6) is 0 Å². The molecule has 1 aromatic carbocycles. The van der Waals surface area contributed by atoms with Crippen molar-refractivity contribution in [2.75, 3.05) is 19.6 Å². The number of nitrogens with zero attached hydrogens (tertiary/aromatic N) is 1. The zero-order valence-electron chi connectivity index (χ0n) is 12.7. The molecule has 1 saturated heterocycles. The van der Waals surface area contributed by atoms with Gasteiger partial charge in [0.15, 0.2) is 0 Å². The van der Waals surface area contributed by atoms with Gasteiger partial charge in [-0.15, -0.1) is 0 Å². The molecule has 1 aliphatic heterocycles. The Morgan fingerprint density at radius 2 is 2.11 bits per heavy atom. The maximum atomic E-state index is 6.13. The van der Waals surface area contributed by atoms with E-state index in [1.165, 1.54) is 42.5 Å². The van der Waals surface area contributed by atoms with Crippen LogP contribution in [0.2, 0.25) is 0 Å². The molecule has 2 rings (SSSR count). The zero-order chi connectivity index (χ0) is 13.8. The van der Waals surface area contributed by atoms with Crippen LogP contribution in [0.4, 0.5) is 0 Å². The summed E-state index contributed by atoms with van der Waals surface area (Å²) in [6.45, 7) is 9.80. The number of benzene rings is 1. The molecule has 2 N–H and O–H groups in total. The summed E-state index contributed by atoms with van der Waals surface area (Å²) in [5, 5.41) is 0. The fourth-order valence-corrected chi connectivity index (χ4v) is 3.60. The van der Waals surface area contributed by atoms with Gasteiger partial charge in [0.25, 0.3) is 0 Å². The van der Waals surface area contributed by atoms with Gasteiger partial charge in [-0.2, -0.15) is 0 Å². The van der Waals surface area contributed by atoms with Gasteiger partial charge in [-0.1, -0.05) is 37.1 Å². The van der Waals surface area contributed by atoms with Crippen LogP contribution >= 0.6 is 0 Å². The van der Waals surface area contributed by atoms with E-state index in [1.807, 2.05) is 0 Å². The number of aryl methyl sites for hydroxylation is 2. The van der Waals surface area contributed by atoms with Gasteiger partial charge < -0.3 is 10.6 Å². The Balaban J connectivity index is 2.27. The molecule has 1 fully saturated rings. The molecule has 2 atom stereocenters. The minimum absolute atomic E-state index is 0.487. The van der Waals surface area contributed by atoms with Crippen LogP contribution in [-0.2, 0) is 0 Å². The SMILES string of the molecule is CCN1CCCCC1C(CN)c1ccc(C)cc1C. The van der Waals surface area contributed by atoms with Crippen molar-refractivity contribution in [3.05, 3.63) is 34.9 Å². The summed E-state index contributed by atoms with van der Waals surface area (Å²) in [6, 6.07) is 7.44. The summed E-state index contributed by atoms with van der Waals surface area (Å²) in [4.78, 5) is 2.63. The van der Waals surface area contributed by atoms with Crippen LogP contribution in [0, 0.1) is 13.8 Å². The summed E-state index contributed by atoms with van der Waals surface area (Å²) < 4.78 is 0. The fourth-order valence-electron chi connectivity index (χ4n) is 3.60. The number of nitrogens with two attached hydrogens (primary N) is 1. The molecule has 2 unspecified atom stereocenters. The summed E-state index contributed by atoms with van der Waals surface area (Å²) >= 11 is 0. The highest BCUT2D eigenvalue weighted by atomic mass is 15.2. The molecule has 19 heavy (non-hydrogen) atoms. The average Bonchev–Trinajstić information content (AvgIpc) is 2.42. The molecule has 0 aliphatic carbocycles. The Morgan fingerprint density at radius 1 is 1.32 bits per heavy atom. The van der Waals surface area contributed by atoms with Gasteiger partial charge in [0.2, 0.25) is 0 Å². The molecule has 1 aliphatic rings. The van der Waals surface area contributed by atoms with E-state index in [2.05, 4.69) is 43.9 Å². The van der Waals surface area contributed by atoms with Gasteiger partial charge in [-0.3, -0.25) is 0 Å². The monoisotopic (exact) mass is 260 g/mol. The molecular formula is C17H28N2. The Labute approximate surface area is 118 Å². The van der Waals surface area contributed by atoms with Crippen molar-refractivity contribution in [3.8, 4) is 0 Å². The van der Waals surface area contributed by atoms with E-state index >= 15 is 0 Å². The van der Waals surface area contributed by atoms with E-state index in [9.17, 15) is 0 Å². The first-order valence-electron chi connectivity index (χ1n) is 7.68. The maximum Gasteiger partial charge on any atom is 0.0176 e. The largest absolute Gasteiger partial charge is 0.330 e. The summed E-state index contributed by atoms with van der Waals surface area (Å²) in [7, 11) is 0. The van der Waals surface area contributed by atoms with E-state index in [-0.39, 0.29) is 0 Å². The van der Waals surface area contributed by atoms with Gasteiger partial charge in [-0.25, -0.2) is 0 Å². The van der Waals surface area contributed by atoms with Crippen molar-refractivity contribution in [1.29, 1.82) is 0 Å². The predicted octanol–water partition coefficient (Wildman–Crippen LogP) is 3.22. The quantitative estimate of drug-likeness (QED) is 0.900. The third kappa shape index (κ3) is 3.18. The molecule has 1 aromatic rings. The van der Waals surface area contributed by atoms with E-state index in [0.29, 0.717) is 12.0 Å². The van der Waals surface area contributed by atoms with E-state index < -0.39 is 0 Å². The second-order valence-electron chi connectivity index (χ2n) is 5.89. The van der Waals surface area contributed by atoms with Crippen molar-refractivity contribution in [2.45, 2.75) is 52.0 Å². The lowest BCUT2D eigenvalue weighted by Crippen LogP contribution is -2.45. The smallest absolute Gasteiger partial charge is 0.0176 e. The maximum absolute atomic E-state index is 6.13. The third-order valence-electron chi connectivity index (χ3n) is 4.61. The Bertz CT molecular complexity index is 414. The van der Waals surface area contributed by atoms with Crippen molar-refractivity contribution in [3.63, 3.8) is 0 Å². The van der Waals surface area contributed by atoms with Crippen LogP contribution in [0.25, 0.3) is 0 Å². The number of rotatable bonds is 4. The number of piperidine rings is 1. The Morgan fingerprint density at radius 3 is 2.74 bits per heavy atom. The average molecular weight is 260 g/mol. The lowest BCUT2D eigenvalue weighted by Gasteiger charge is -2.40. The molecule has 2 nitrogen and oxygen atoms in total. The Hall–Kier alpha value is -0.860. The van der Waals surface area contributed by atoms with Gasteiger partial charge in [0.05, 0.1) is 0 Å². The van der Waals surface area contributed by atoms with E-state index in [0.717, 1.165) is 13.1 Å². The predicted molar refractivity (Wildman–Crippen MR) is 82.6 cm³/mol. The molecule has 0 bridgehead atoms. The van der Waals surface area contributed by atoms with Gasteiger partial charge in [0.1, 0.15) is 0 Å². The molecule has 0 spiro atoms. The topological polar surface area (TPSA) is 29.3 Å². The molecule has 0 amide bonds. The van der Waals surface area contributed by atoms with Crippen molar-refractivity contribution in [2.24, 2.45) is 5.73 Å². The van der Waals surface area contributed by atoms with Crippen LogP contribution in [-0.4, -0.2) is 30.6 Å². The molecule has 0 radical (unpaired) electrons.